The molecule has 1 aliphatic heterocycles. The van der Waals surface area contributed by atoms with Crippen LogP contribution in [0.2, 0.25) is 0 Å². The van der Waals surface area contributed by atoms with Gasteiger partial charge in [-0.25, -0.2) is 13.2 Å². The van der Waals surface area contributed by atoms with Crippen molar-refractivity contribution >= 4 is 32.7 Å². The fourth-order valence-corrected chi connectivity index (χ4v) is 4.94. The molecule has 1 fully saturated rings. The molecule has 2 heterocycles. The highest BCUT2D eigenvalue weighted by atomic mass is 32.2. The van der Waals surface area contributed by atoms with E-state index in [9.17, 15) is 18.0 Å². The number of anilines is 1. The maximum absolute atomic E-state index is 12.8. The van der Waals surface area contributed by atoms with Crippen LogP contribution in [0.1, 0.15) is 30.1 Å². The number of nitrogens with one attached hydrogen (secondary N) is 3. The van der Waals surface area contributed by atoms with Gasteiger partial charge in [0.2, 0.25) is 10.0 Å². The van der Waals surface area contributed by atoms with Crippen LogP contribution in [0.4, 0.5) is 5.69 Å². The Morgan fingerprint density at radius 3 is 2.38 bits per heavy atom. The van der Waals surface area contributed by atoms with E-state index in [-0.39, 0.29) is 16.5 Å². The summed E-state index contributed by atoms with van der Waals surface area (Å²) in [5.74, 6) is 0.175. The molecule has 1 aromatic heterocycles. The summed E-state index contributed by atoms with van der Waals surface area (Å²) in [5, 5.41) is 2.75. The summed E-state index contributed by atoms with van der Waals surface area (Å²) in [6.07, 6.45) is 1.72. The van der Waals surface area contributed by atoms with Gasteiger partial charge in [0.25, 0.3) is 5.91 Å². The van der Waals surface area contributed by atoms with E-state index in [0.29, 0.717) is 41.3 Å². The number of imidazole rings is 1. The van der Waals surface area contributed by atoms with Crippen LogP contribution in [0.25, 0.3) is 11.0 Å². The first kappa shape index (κ1) is 19.4. The average molecular weight is 414 g/mol. The minimum atomic E-state index is -3.54. The van der Waals surface area contributed by atoms with Crippen molar-refractivity contribution < 1.29 is 13.2 Å². The molecule has 0 saturated carbocycles. The minimum absolute atomic E-state index is 0.190. The molecule has 1 aliphatic rings. The van der Waals surface area contributed by atoms with Crippen molar-refractivity contribution in [2.45, 2.75) is 24.7 Å². The van der Waals surface area contributed by atoms with Crippen molar-refractivity contribution in [3.63, 3.8) is 0 Å². The van der Waals surface area contributed by atoms with Gasteiger partial charge in [-0.3, -0.25) is 4.79 Å². The summed E-state index contributed by atoms with van der Waals surface area (Å²) in [6.45, 7) is 3.17. The minimum Gasteiger partial charge on any atom is -0.322 e. The highest BCUT2D eigenvalue weighted by molar-refractivity contribution is 7.89. The van der Waals surface area contributed by atoms with E-state index >= 15 is 0 Å². The Kier molecular flexibility index (Phi) is 5.01. The molecule has 1 amide bonds. The molecule has 9 heteroatoms. The van der Waals surface area contributed by atoms with Crippen molar-refractivity contribution in [3.8, 4) is 0 Å². The molecule has 1 saturated heterocycles. The molecule has 3 N–H and O–H groups in total. The van der Waals surface area contributed by atoms with Crippen LogP contribution in [0.3, 0.4) is 0 Å². The SMILES string of the molecule is CC1CCN(S(=O)(=O)c2ccc(C(=O)Nc3ccc4[nH]c(=O)[nH]c4c3)cc2)CC1. The van der Waals surface area contributed by atoms with E-state index in [0.717, 1.165) is 12.8 Å². The van der Waals surface area contributed by atoms with Gasteiger partial charge in [0.15, 0.2) is 0 Å². The molecule has 0 radical (unpaired) electrons. The lowest BCUT2D eigenvalue weighted by atomic mass is 10.0. The van der Waals surface area contributed by atoms with Crippen molar-refractivity contribution in [1.82, 2.24) is 14.3 Å². The topological polar surface area (TPSA) is 115 Å². The second-order valence-electron chi connectivity index (χ2n) is 7.40. The number of sulfonamides is 1. The van der Waals surface area contributed by atoms with Gasteiger partial charge in [-0.2, -0.15) is 4.31 Å². The summed E-state index contributed by atoms with van der Waals surface area (Å²) in [4.78, 5) is 29.3. The molecule has 0 aliphatic carbocycles. The van der Waals surface area contributed by atoms with Gasteiger partial charge in [-0.1, -0.05) is 6.92 Å². The van der Waals surface area contributed by atoms with Crippen molar-refractivity contribution in [2.24, 2.45) is 5.92 Å². The molecule has 0 unspecified atom stereocenters. The maximum Gasteiger partial charge on any atom is 0.323 e. The van der Waals surface area contributed by atoms with E-state index < -0.39 is 10.0 Å². The summed E-state index contributed by atoms with van der Waals surface area (Å²) in [6, 6.07) is 11.0. The Morgan fingerprint density at radius 2 is 1.69 bits per heavy atom. The zero-order valence-corrected chi connectivity index (χ0v) is 16.8. The third-order valence-corrected chi connectivity index (χ3v) is 7.18. The Hall–Kier alpha value is -2.91. The first-order valence-electron chi connectivity index (χ1n) is 9.46. The number of aromatic nitrogens is 2. The number of piperidine rings is 1. The third-order valence-electron chi connectivity index (χ3n) is 5.27. The van der Waals surface area contributed by atoms with Gasteiger partial charge in [0, 0.05) is 24.3 Å². The number of carbonyl (C=O) groups excluding carboxylic acids is 1. The monoisotopic (exact) mass is 414 g/mol. The number of rotatable bonds is 4. The average Bonchev–Trinajstić information content (AvgIpc) is 3.07. The van der Waals surface area contributed by atoms with Gasteiger partial charge in [-0.15, -0.1) is 0 Å². The van der Waals surface area contributed by atoms with Crippen LogP contribution in [0.5, 0.6) is 0 Å². The van der Waals surface area contributed by atoms with E-state index in [1.54, 1.807) is 18.2 Å². The van der Waals surface area contributed by atoms with Gasteiger partial charge in [0.05, 0.1) is 15.9 Å². The fraction of sp³-hybridized carbons (Fsp3) is 0.300. The summed E-state index contributed by atoms with van der Waals surface area (Å²) < 4.78 is 27.1. The van der Waals surface area contributed by atoms with Crippen LogP contribution in [0.15, 0.2) is 52.2 Å². The lowest BCUT2D eigenvalue weighted by molar-refractivity contribution is 0.102. The summed E-state index contributed by atoms with van der Waals surface area (Å²) in [5.41, 5.74) is 1.79. The van der Waals surface area contributed by atoms with E-state index in [1.807, 2.05) is 0 Å². The number of hydrogen-bond acceptors (Lipinski definition) is 4. The Balaban J connectivity index is 1.49. The molecule has 152 valence electrons. The fourth-order valence-electron chi connectivity index (χ4n) is 3.47. The Labute approximate surface area is 168 Å². The largest absolute Gasteiger partial charge is 0.323 e. The quantitative estimate of drug-likeness (QED) is 0.608. The van der Waals surface area contributed by atoms with E-state index in [4.69, 9.17) is 0 Å². The third kappa shape index (κ3) is 3.96. The predicted octanol–water partition coefficient (Wildman–Crippen LogP) is 2.53. The molecule has 8 nitrogen and oxygen atoms in total. The molecule has 4 rings (SSSR count). The molecular weight excluding hydrogens is 392 g/mol. The van der Waals surface area contributed by atoms with Crippen LogP contribution in [-0.4, -0.2) is 41.7 Å². The van der Waals surface area contributed by atoms with E-state index in [2.05, 4.69) is 22.2 Å². The number of amides is 1. The van der Waals surface area contributed by atoms with Gasteiger partial charge >= 0.3 is 5.69 Å². The summed E-state index contributed by atoms with van der Waals surface area (Å²) >= 11 is 0. The predicted molar refractivity (Wildman–Crippen MR) is 110 cm³/mol. The van der Waals surface area contributed by atoms with Gasteiger partial charge in [-0.05, 0) is 61.2 Å². The van der Waals surface area contributed by atoms with Gasteiger partial charge in [0.1, 0.15) is 0 Å². The van der Waals surface area contributed by atoms with Crippen LogP contribution < -0.4 is 11.0 Å². The number of nitrogens with zero attached hydrogens (tertiary/aromatic N) is 1. The number of aromatic amines is 2. The van der Waals surface area contributed by atoms with E-state index in [1.165, 1.54) is 28.6 Å². The van der Waals surface area contributed by atoms with Crippen LogP contribution in [0, 0.1) is 5.92 Å². The number of fused-ring (bicyclic) bond motifs is 1. The molecule has 0 atom stereocenters. The standard InChI is InChI=1S/C20H22N4O4S/c1-13-8-10-24(11-9-13)29(27,28)16-5-2-14(3-6-16)19(25)21-15-4-7-17-18(12-15)23-20(26)22-17/h2-7,12-13H,8-11H2,1H3,(H,21,25)(H2,22,23,26). The van der Waals surface area contributed by atoms with Crippen molar-refractivity contribution in [2.75, 3.05) is 18.4 Å². The first-order valence-corrected chi connectivity index (χ1v) is 10.9. The van der Waals surface area contributed by atoms with Gasteiger partial charge < -0.3 is 15.3 Å². The van der Waals surface area contributed by atoms with Crippen molar-refractivity contribution in [1.29, 1.82) is 0 Å². The molecule has 29 heavy (non-hydrogen) atoms. The molecule has 2 aromatic carbocycles. The lowest BCUT2D eigenvalue weighted by Gasteiger charge is -2.29. The maximum atomic E-state index is 12.8. The number of hydrogen-bond donors (Lipinski definition) is 3. The molecule has 0 bridgehead atoms. The number of benzene rings is 2. The zero-order valence-electron chi connectivity index (χ0n) is 15.9. The zero-order chi connectivity index (χ0) is 20.6. The number of carbonyl (C=O) groups is 1. The lowest BCUT2D eigenvalue weighted by Crippen LogP contribution is -2.37. The highest BCUT2D eigenvalue weighted by Crippen LogP contribution is 2.24. The van der Waals surface area contributed by atoms with Crippen LogP contribution in [-0.2, 0) is 10.0 Å². The Bertz CT molecular complexity index is 1200. The van der Waals surface area contributed by atoms with Crippen LogP contribution >= 0.6 is 0 Å². The van der Waals surface area contributed by atoms with Crippen molar-refractivity contribution in [3.05, 3.63) is 58.5 Å². The normalized spacial score (nSPS) is 16.2. The second kappa shape index (κ2) is 7.49. The number of H-pyrrole nitrogens is 2. The highest BCUT2D eigenvalue weighted by Gasteiger charge is 2.28. The first-order chi connectivity index (χ1) is 13.8. The second-order valence-corrected chi connectivity index (χ2v) is 9.34. The molecule has 3 aromatic rings. The molecular formula is C20H22N4O4S. The Morgan fingerprint density at radius 1 is 1.03 bits per heavy atom. The molecule has 0 spiro atoms. The smallest absolute Gasteiger partial charge is 0.322 e. The summed E-state index contributed by atoms with van der Waals surface area (Å²) in [7, 11) is -3.54.